The Balaban J connectivity index is 0.00000484. The first-order chi connectivity index (χ1) is 10.4. The lowest BCUT2D eigenvalue weighted by Crippen LogP contribution is -2.39. The number of benzene rings is 1. The summed E-state index contributed by atoms with van der Waals surface area (Å²) in [6.45, 7) is 9.30. The van der Waals surface area contributed by atoms with Crippen LogP contribution in [0.5, 0.6) is 0 Å². The van der Waals surface area contributed by atoms with Gasteiger partial charge in [-0.25, -0.2) is 4.39 Å². The van der Waals surface area contributed by atoms with Gasteiger partial charge in [-0.15, -0.1) is 24.0 Å². The number of nitrogens with one attached hydrogen (secondary N) is 2. The molecule has 4 nitrogen and oxygen atoms in total. The van der Waals surface area contributed by atoms with E-state index in [0.29, 0.717) is 11.5 Å². The molecule has 0 heterocycles. The minimum Gasteiger partial charge on any atom is -0.379 e. The van der Waals surface area contributed by atoms with Crippen LogP contribution in [0, 0.1) is 12.7 Å². The highest BCUT2D eigenvalue weighted by atomic mass is 127. The van der Waals surface area contributed by atoms with Crippen molar-refractivity contribution in [3.05, 3.63) is 35.1 Å². The highest BCUT2D eigenvalue weighted by Crippen LogP contribution is 2.16. The van der Waals surface area contributed by atoms with Crippen LogP contribution in [0.2, 0.25) is 0 Å². The first kappa shape index (κ1) is 22.1. The van der Waals surface area contributed by atoms with Crippen molar-refractivity contribution in [2.75, 3.05) is 20.2 Å². The van der Waals surface area contributed by atoms with E-state index in [1.54, 1.807) is 26.1 Å². The fourth-order valence-corrected chi connectivity index (χ4v) is 1.96. The van der Waals surface area contributed by atoms with Gasteiger partial charge in [0.25, 0.3) is 0 Å². The van der Waals surface area contributed by atoms with Gasteiger partial charge in [0.1, 0.15) is 5.82 Å². The van der Waals surface area contributed by atoms with E-state index in [-0.39, 0.29) is 41.9 Å². The summed E-state index contributed by atoms with van der Waals surface area (Å²) in [6.07, 6.45) is 1.17. The van der Waals surface area contributed by atoms with Crippen LogP contribution in [0.1, 0.15) is 44.4 Å². The summed E-state index contributed by atoms with van der Waals surface area (Å²) in [7, 11) is 1.72. The Morgan fingerprint density at radius 1 is 1.30 bits per heavy atom. The minimum atomic E-state index is -0.181. The lowest BCUT2D eigenvalue weighted by atomic mass is 10.1. The number of guanidine groups is 1. The summed E-state index contributed by atoms with van der Waals surface area (Å²) < 4.78 is 19.1. The average Bonchev–Trinajstić information content (AvgIpc) is 2.47. The number of aliphatic imine (C=N–C) groups is 1. The SMILES string of the molecule is CN=C(NCCCOC(C)C)NC(C)c1ccc(C)c(F)c1.I. The van der Waals surface area contributed by atoms with Gasteiger partial charge < -0.3 is 15.4 Å². The molecule has 0 aromatic heterocycles. The second-order valence-corrected chi connectivity index (χ2v) is 5.65. The lowest BCUT2D eigenvalue weighted by molar-refractivity contribution is 0.0776. The van der Waals surface area contributed by atoms with Crippen LogP contribution in [-0.2, 0) is 4.74 Å². The number of rotatable bonds is 7. The summed E-state index contributed by atoms with van der Waals surface area (Å²) in [6, 6.07) is 5.27. The van der Waals surface area contributed by atoms with Gasteiger partial charge in [-0.2, -0.15) is 0 Å². The molecule has 132 valence electrons. The molecule has 0 radical (unpaired) electrons. The van der Waals surface area contributed by atoms with Crippen LogP contribution < -0.4 is 10.6 Å². The van der Waals surface area contributed by atoms with Crippen LogP contribution in [0.15, 0.2) is 23.2 Å². The van der Waals surface area contributed by atoms with Gasteiger partial charge in [0, 0.05) is 20.2 Å². The van der Waals surface area contributed by atoms with Crippen LogP contribution in [0.3, 0.4) is 0 Å². The molecule has 0 fully saturated rings. The van der Waals surface area contributed by atoms with Gasteiger partial charge in [-0.1, -0.05) is 12.1 Å². The second kappa shape index (κ2) is 11.6. The van der Waals surface area contributed by atoms with E-state index < -0.39 is 0 Å². The van der Waals surface area contributed by atoms with Crippen LogP contribution in [0.4, 0.5) is 4.39 Å². The van der Waals surface area contributed by atoms with Gasteiger partial charge >= 0.3 is 0 Å². The maximum Gasteiger partial charge on any atom is 0.191 e. The Morgan fingerprint density at radius 3 is 2.57 bits per heavy atom. The molecule has 0 saturated carbocycles. The first-order valence-electron chi connectivity index (χ1n) is 7.79. The standard InChI is InChI=1S/C17H28FN3O.HI/c1-12(2)22-10-6-9-20-17(19-5)21-14(4)15-8-7-13(3)16(18)11-15;/h7-8,11-12,14H,6,9-10H2,1-5H3,(H2,19,20,21);1H. The third kappa shape index (κ3) is 8.50. The molecule has 1 aromatic rings. The molecule has 0 aliphatic heterocycles. The molecule has 0 bridgehead atoms. The zero-order valence-corrected chi connectivity index (χ0v) is 17.0. The third-order valence-corrected chi connectivity index (χ3v) is 3.34. The monoisotopic (exact) mass is 437 g/mol. The van der Waals surface area contributed by atoms with Crippen LogP contribution in [0.25, 0.3) is 0 Å². The molecule has 1 unspecified atom stereocenters. The molecule has 0 aliphatic rings. The molecular weight excluding hydrogens is 408 g/mol. The molecule has 0 amide bonds. The molecule has 23 heavy (non-hydrogen) atoms. The maximum atomic E-state index is 13.6. The molecule has 1 atom stereocenters. The topological polar surface area (TPSA) is 45.7 Å². The smallest absolute Gasteiger partial charge is 0.191 e. The van der Waals surface area contributed by atoms with E-state index in [4.69, 9.17) is 4.74 Å². The largest absolute Gasteiger partial charge is 0.379 e. The predicted molar refractivity (Wildman–Crippen MR) is 105 cm³/mol. The van der Waals surface area contributed by atoms with E-state index in [0.717, 1.165) is 25.1 Å². The van der Waals surface area contributed by atoms with Crippen LogP contribution in [-0.4, -0.2) is 32.3 Å². The molecule has 2 N–H and O–H groups in total. The summed E-state index contributed by atoms with van der Waals surface area (Å²) >= 11 is 0. The highest BCUT2D eigenvalue weighted by Gasteiger charge is 2.09. The molecule has 0 saturated heterocycles. The maximum absolute atomic E-state index is 13.6. The number of nitrogens with zero attached hydrogens (tertiary/aromatic N) is 1. The Morgan fingerprint density at radius 2 is 2.00 bits per heavy atom. The molecule has 1 rings (SSSR count). The zero-order chi connectivity index (χ0) is 16.5. The van der Waals surface area contributed by atoms with Crippen LogP contribution >= 0.6 is 24.0 Å². The number of halogens is 2. The quantitative estimate of drug-likeness (QED) is 0.295. The van der Waals surface area contributed by atoms with E-state index in [1.807, 2.05) is 26.8 Å². The predicted octanol–water partition coefficient (Wildman–Crippen LogP) is 3.79. The third-order valence-electron chi connectivity index (χ3n) is 3.34. The average molecular weight is 437 g/mol. The summed E-state index contributed by atoms with van der Waals surface area (Å²) in [4.78, 5) is 4.19. The Bertz CT molecular complexity index is 495. The fraction of sp³-hybridized carbons (Fsp3) is 0.588. The number of ether oxygens (including phenoxy) is 1. The Labute approximate surface area is 156 Å². The van der Waals surface area contributed by atoms with Gasteiger partial charge in [0.15, 0.2) is 5.96 Å². The normalized spacial score (nSPS) is 12.7. The van der Waals surface area contributed by atoms with Crippen molar-refractivity contribution >= 4 is 29.9 Å². The summed E-state index contributed by atoms with van der Waals surface area (Å²) in [5.74, 6) is 0.526. The number of hydrogen-bond acceptors (Lipinski definition) is 2. The van der Waals surface area contributed by atoms with Crippen molar-refractivity contribution in [3.8, 4) is 0 Å². The van der Waals surface area contributed by atoms with Gasteiger partial charge in [0.05, 0.1) is 12.1 Å². The number of aryl methyl sites for hydroxylation is 1. The van der Waals surface area contributed by atoms with Gasteiger partial charge in [-0.3, -0.25) is 4.99 Å². The zero-order valence-electron chi connectivity index (χ0n) is 14.6. The van der Waals surface area contributed by atoms with Crippen molar-refractivity contribution < 1.29 is 9.13 Å². The Kier molecular flexibility index (Phi) is 11.2. The van der Waals surface area contributed by atoms with Crippen molar-refractivity contribution in [1.29, 1.82) is 0 Å². The van der Waals surface area contributed by atoms with Crippen molar-refractivity contribution in [3.63, 3.8) is 0 Å². The summed E-state index contributed by atoms with van der Waals surface area (Å²) in [5.41, 5.74) is 1.55. The summed E-state index contributed by atoms with van der Waals surface area (Å²) in [5, 5.41) is 6.50. The fourth-order valence-electron chi connectivity index (χ4n) is 1.96. The van der Waals surface area contributed by atoms with E-state index in [9.17, 15) is 4.39 Å². The van der Waals surface area contributed by atoms with Crippen molar-refractivity contribution in [2.24, 2.45) is 4.99 Å². The van der Waals surface area contributed by atoms with E-state index >= 15 is 0 Å². The molecule has 6 heteroatoms. The molecule has 0 aliphatic carbocycles. The molecular formula is C17H29FIN3O. The molecule has 1 aromatic carbocycles. The van der Waals surface area contributed by atoms with E-state index in [1.165, 1.54) is 0 Å². The lowest BCUT2D eigenvalue weighted by Gasteiger charge is -2.19. The molecule has 0 spiro atoms. The van der Waals surface area contributed by atoms with Crippen molar-refractivity contribution in [1.82, 2.24) is 10.6 Å². The number of hydrogen-bond donors (Lipinski definition) is 2. The van der Waals surface area contributed by atoms with E-state index in [2.05, 4.69) is 15.6 Å². The minimum absolute atomic E-state index is 0. The second-order valence-electron chi connectivity index (χ2n) is 5.65. The van der Waals surface area contributed by atoms with Gasteiger partial charge in [-0.05, 0) is 51.3 Å². The Hall–Kier alpha value is -0.890. The highest BCUT2D eigenvalue weighted by molar-refractivity contribution is 14.0. The van der Waals surface area contributed by atoms with Gasteiger partial charge in [0.2, 0.25) is 0 Å². The first-order valence-corrected chi connectivity index (χ1v) is 7.79. The van der Waals surface area contributed by atoms with Crippen molar-refractivity contribution in [2.45, 2.75) is 46.3 Å².